The Balaban J connectivity index is 2.30. The second-order valence-corrected chi connectivity index (χ2v) is 7.02. The van der Waals surface area contributed by atoms with Crippen molar-refractivity contribution >= 4 is 63.1 Å². The van der Waals surface area contributed by atoms with Gasteiger partial charge in [0.05, 0.1) is 26.8 Å². The Morgan fingerprint density at radius 3 is 2.70 bits per heavy atom. The number of anilines is 1. The average molecular weight is 422 g/mol. The monoisotopic (exact) mass is 421 g/mol. The van der Waals surface area contributed by atoms with Gasteiger partial charge < -0.3 is 10.1 Å². The third kappa shape index (κ3) is 3.50. The van der Waals surface area contributed by atoms with Crippen LogP contribution in [0.1, 0.15) is 20.7 Å². The average Bonchev–Trinajstić information content (AvgIpc) is 2.85. The second-order valence-electron chi connectivity index (χ2n) is 3.78. The first-order chi connectivity index (χ1) is 9.51. The number of amides is 1. The zero-order chi connectivity index (χ0) is 14.7. The largest absolute Gasteiger partial charge is 0.465 e. The van der Waals surface area contributed by atoms with Crippen molar-refractivity contribution < 1.29 is 14.3 Å². The molecule has 1 aromatic carbocycles. The number of ether oxygens (including phenoxy) is 1. The Labute approximate surface area is 138 Å². The summed E-state index contributed by atoms with van der Waals surface area (Å²) >= 11 is 9.50. The molecule has 20 heavy (non-hydrogen) atoms. The van der Waals surface area contributed by atoms with Crippen LogP contribution in [0.25, 0.3) is 0 Å². The van der Waals surface area contributed by atoms with E-state index in [9.17, 15) is 9.59 Å². The highest BCUT2D eigenvalue weighted by Gasteiger charge is 2.16. The van der Waals surface area contributed by atoms with E-state index in [1.807, 2.05) is 0 Å². The van der Waals surface area contributed by atoms with E-state index in [2.05, 4.69) is 32.6 Å². The number of benzene rings is 1. The molecule has 0 fully saturated rings. The number of halogens is 2. The van der Waals surface area contributed by atoms with E-state index in [1.54, 1.807) is 17.5 Å². The predicted octanol–water partition coefficient (Wildman–Crippen LogP) is 4.05. The van der Waals surface area contributed by atoms with Crippen LogP contribution in [0.15, 0.2) is 29.6 Å². The number of nitrogens with one attached hydrogen (secondary N) is 1. The Hall–Kier alpha value is -1.12. The first kappa shape index (κ1) is 15.3. The fourth-order valence-corrected chi connectivity index (χ4v) is 3.03. The Morgan fingerprint density at radius 1 is 1.35 bits per heavy atom. The van der Waals surface area contributed by atoms with E-state index in [1.165, 1.54) is 30.6 Å². The molecule has 1 N–H and O–H groups in total. The minimum absolute atomic E-state index is 0.259. The molecule has 0 atom stereocenters. The van der Waals surface area contributed by atoms with Gasteiger partial charge >= 0.3 is 5.97 Å². The normalized spacial score (nSPS) is 10.2. The number of carbonyl (C=O) groups excluding carboxylic acids is 2. The number of rotatable bonds is 3. The number of carbonyl (C=O) groups is 2. The summed E-state index contributed by atoms with van der Waals surface area (Å²) in [5.74, 6) is -0.826. The highest BCUT2D eigenvalue weighted by molar-refractivity contribution is 14.1. The van der Waals surface area contributed by atoms with Gasteiger partial charge in [0.15, 0.2) is 0 Å². The van der Waals surface area contributed by atoms with Crippen molar-refractivity contribution in [3.63, 3.8) is 0 Å². The molecule has 0 saturated carbocycles. The van der Waals surface area contributed by atoms with Crippen molar-refractivity contribution in [3.8, 4) is 0 Å². The van der Waals surface area contributed by atoms with Crippen molar-refractivity contribution in [2.75, 3.05) is 12.4 Å². The second kappa shape index (κ2) is 6.55. The molecule has 0 bridgehead atoms. The minimum Gasteiger partial charge on any atom is -0.465 e. The van der Waals surface area contributed by atoms with Gasteiger partial charge in [0.2, 0.25) is 0 Å². The summed E-state index contributed by atoms with van der Waals surface area (Å²) in [6.07, 6.45) is 0. The van der Waals surface area contributed by atoms with Crippen molar-refractivity contribution in [2.24, 2.45) is 0 Å². The third-order valence-corrected chi connectivity index (χ3v) is 4.49. The zero-order valence-electron chi connectivity index (χ0n) is 10.3. The quantitative estimate of drug-likeness (QED) is 0.601. The molecule has 1 heterocycles. The number of hydrogen-bond donors (Lipinski definition) is 1. The standard InChI is InChI=1S/C13H9ClINO3S/c1-19-13(18)9-3-2-8(14)5-10(9)16-12(17)7-4-11(15)20-6-7/h2-6H,1H3,(H,16,17). The molecule has 0 aliphatic heterocycles. The summed E-state index contributed by atoms with van der Waals surface area (Å²) in [6.45, 7) is 0. The van der Waals surface area contributed by atoms with Crippen LogP contribution in [0.5, 0.6) is 0 Å². The van der Waals surface area contributed by atoms with Crippen molar-refractivity contribution in [1.82, 2.24) is 0 Å². The van der Waals surface area contributed by atoms with Gasteiger partial charge in [-0.25, -0.2) is 4.79 Å². The van der Waals surface area contributed by atoms with Crippen molar-refractivity contribution in [1.29, 1.82) is 0 Å². The third-order valence-electron chi connectivity index (χ3n) is 2.46. The molecule has 0 aliphatic rings. The van der Waals surface area contributed by atoms with E-state index in [0.29, 0.717) is 16.3 Å². The first-order valence-electron chi connectivity index (χ1n) is 5.44. The van der Waals surface area contributed by atoms with Gasteiger partial charge in [-0.05, 0) is 46.9 Å². The van der Waals surface area contributed by atoms with Gasteiger partial charge in [-0.2, -0.15) is 0 Å². The minimum atomic E-state index is -0.531. The Bertz CT molecular complexity index is 671. The lowest BCUT2D eigenvalue weighted by Crippen LogP contribution is -2.14. The molecule has 0 radical (unpaired) electrons. The summed E-state index contributed by atoms with van der Waals surface area (Å²) in [6, 6.07) is 6.37. The van der Waals surface area contributed by atoms with Crippen LogP contribution < -0.4 is 5.32 Å². The van der Waals surface area contributed by atoms with Gasteiger partial charge in [-0.15, -0.1) is 11.3 Å². The van der Waals surface area contributed by atoms with Crippen LogP contribution in [0.2, 0.25) is 5.02 Å². The lowest BCUT2D eigenvalue weighted by Gasteiger charge is -2.09. The lowest BCUT2D eigenvalue weighted by molar-refractivity contribution is 0.0602. The number of thiophene rings is 1. The topological polar surface area (TPSA) is 55.4 Å². The van der Waals surface area contributed by atoms with E-state index >= 15 is 0 Å². The number of esters is 1. The van der Waals surface area contributed by atoms with Gasteiger partial charge in [0, 0.05) is 10.4 Å². The number of hydrogen-bond acceptors (Lipinski definition) is 4. The molecule has 1 amide bonds. The Morgan fingerprint density at radius 2 is 2.10 bits per heavy atom. The fourth-order valence-electron chi connectivity index (χ4n) is 1.53. The molecule has 4 nitrogen and oxygen atoms in total. The zero-order valence-corrected chi connectivity index (χ0v) is 14.0. The smallest absolute Gasteiger partial charge is 0.339 e. The SMILES string of the molecule is COC(=O)c1ccc(Cl)cc1NC(=O)c1csc(I)c1. The fraction of sp³-hybridized carbons (Fsp3) is 0.0769. The van der Waals surface area contributed by atoms with Crippen LogP contribution in [0, 0.1) is 2.88 Å². The summed E-state index contributed by atoms with van der Waals surface area (Å²) in [4.78, 5) is 23.8. The summed E-state index contributed by atoms with van der Waals surface area (Å²) < 4.78 is 5.68. The molecule has 2 aromatic rings. The van der Waals surface area contributed by atoms with Crippen LogP contribution in [0.4, 0.5) is 5.69 Å². The van der Waals surface area contributed by atoms with Crippen molar-refractivity contribution in [3.05, 3.63) is 48.7 Å². The molecule has 0 aliphatic carbocycles. The molecule has 0 unspecified atom stereocenters. The lowest BCUT2D eigenvalue weighted by atomic mass is 10.1. The highest BCUT2D eigenvalue weighted by atomic mass is 127. The van der Waals surface area contributed by atoms with E-state index in [0.717, 1.165) is 2.88 Å². The predicted molar refractivity (Wildman–Crippen MR) is 87.8 cm³/mol. The first-order valence-corrected chi connectivity index (χ1v) is 7.78. The maximum Gasteiger partial charge on any atom is 0.339 e. The van der Waals surface area contributed by atoms with Gasteiger partial charge in [-0.3, -0.25) is 4.79 Å². The molecule has 1 aromatic heterocycles. The van der Waals surface area contributed by atoms with E-state index in [-0.39, 0.29) is 11.5 Å². The van der Waals surface area contributed by atoms with Crippen LogP contribution >= 0.6 is 45.5 Å². The molecular formula is C13H9ClINO3S. The van der Waals surface area contributed by atoms with Crippen LogP contribution in [-0.2, 0) is 4.74 Å². The molecule has 7 heteroatoms. The number of methoxy groups -OCH3 is 1. The molecule has 0 spiro atoms. The van der Waals surface area contributed by atoms with Gasteiger partial charge in [-0.1, -0.05) is 11.6 Å². The molecule has 2 rings (SSSR count). The summed E-state index contributed by atoms with van der Waals surface area (Å²) in [5.41, 5.74) is 1.13. The van der Waals surface area contributed by atoms with E-state index in [4.69, 9.17) is 11.6 Å². The van der Waals surface area contributed by atoms with Gasteiger partial charge in [0.1, 0.15) is 0 Å². The maximum absolute atomic E-state index is 12.1. The molecular weight excluding hydrogens is 413 g/mol. The van der Waals surface area contributed by atoms with Crippen LogP contribution in [0.3, 0.4) is 0 Å². The highest BCUT2D eigenvalue weighted by Crippen LogP contribution is 2.24. The molecule has 104 valence electrons. The summed E-state index contributed by atoms with van der Waals surface area (Å²) in [7, 11) is 1.28. The van der Waals surface area contributed by atoms with E-state index < -0.39 is 5.97 Å². The van der Waals surface area contributed by atoms with Crippen molar-refractivity contribution in [2.45, 2.75) is 0 Å². The van der Waals surface area contributed by atoms with Gasteiger partial charge in [0.25, 0.3) is 5.91 Å². The van der Waals surface area contributed by atoms with Crippen LogP contribution in [-0.4, -0.2) is 19.0 Å². The molecule has 0 saturated heterocycles. The summed E-state index contributed by atoms with van der Waals surface area (Å²) in [5, 5.41) is 4.85. The maximum atomic E-state index is 12.1. The Kier molecular flexibility index (Phi) is 5.00.